The van der Waals surface area contributed by atoms with E-state index in [0.717, 1.165) is 11.8 Å². The minimum atomic E-state index is -0.120. The van der Waals surface area contributed by atoms with Gasteiger partial charge in [0.25, 0.3) is 0 Å². The summed E-state index contributed by atoms with van der Waals surface area (Å²) in [5.41, 5.74) is 0. The molecule has 0 aromatic rings. The summed E-state index contributed by atoms with van der Waals surface area (Å²) in [5.74, 6) is 1.85. The Hall–Kier alpha value is -0.120. The van der Waals surface area contributed by atoms with Crippen LogP contribution < -0.4 is 5.32 Å². The predicted octanol–water partition coefficient (Wildman–Crippen LogP) is 1.77. The Balaban J connectivity index is 1.81. The van der Waals surface area contributed by atoms with E-state index >= 15 is 0 Å². The summed E-state index contributed by atoms with van der Waals surface area (Å²) in [4.78, 5) is 0. The van der Waals surface area contributed by atoms with Crippen LogP contribution in [-0.2, 0) is 9.47 Å². The summed E-state index contributed by atoms with van der Waals surface area (Å²) >= 11 is 0. The lowest BCUT2D eigenvalue weighted by molar-refractivity contribution is -0.121. The molecule has 2 saturated carbocycles. The van der Waals surface area contributed by atoms with Gasteiger partial charge in [-0.05, 0) is 44.4 Å². The van der Waals surface area contributed by atoms with Crippen molar-refractivity contribution >= 4 is 0 Å². The zero-order valence-electron chi connectivity index (χ0n) is 10.0. The largest absolute Gasteiger partial charge is 0.354 e. The van der Waals surface area contributed by atoms with Crippen molar-refractivity contribution in [1.29, 1.82) is 0 Å². The van der Waals surface area contributed by atoms with E-state index in [-0.39, 0.29) is 12.3 Å². The highest BCUT2D eigenvalue weighted by Crippen LogP contribution is 2.44. The normalized spacial score (nSPS) is 23.8. The van der Waals surface area contributed by atoms with E-state index in [4.69, 9.17) is 9.47 Å². The Bertz CT molecular complexity index is 186. The Morgan fingerprint density at radius 2 is 1.47 bits per heavy atom. The van der Waals surface area contributed by atoms with Crippen LogP contribution in [0.15, 0.2) is 0 Å². The fourth-order valence-corrected chi connectivity index (χ4v) is 2.45. The molecule has 0 aromatic heterocycles. The van der Waals surface area contributed by atoms with Crippen LogP contribution in [0.4, 0.5) is 0 Å². The van der Waals surface area contributed by atoms with Gasteiger partial charge in [-0.2, -0.15) is 0 Å². The third-order valence-electron chi connectivity index (χ3n) is 3.59. The lowest BCUT2D eigenvalue weighted by atomic mass is 10.1. The minimum Gasteiger partial charge on any atom is -0.354 e. The van der Waals surface area contributed by atoms with E-state index in [1.807, 2.05) is 0 Å². The van der Waals surface area contributed by atoms with Crippen molar-refractivity contribution in [3.8, 4) is 0 Å². The predicted molar refractivity (Wildman–Crippen MR) is 59.6 cm³/mol. The van der Waals surface area contributed by atoms with E-state index in [0.29, 0.717) is 6.04 Å². The highest BCUT2D eigenvalue weighted by molar-refractivity contribution is 4.97. The molecule has 88 valence electrons. The van der Waals surface area contributed by atoms with E-state index in [9.17, 15) is 0 Å². The molecule has 0 aromatic carbocycles. The molecule has 2 fully saturated rings. The number of nitrogens with one attached hydrogen (secondary N) is 1. The number of methoxy groups -OCH3 is 2. The monoisotopic (exact) mass is 213 g/mol. The molecule has 3 heteroatoms. The van der Waals surface area contributed by atoms with Gasteiger partial charge in [0.1, 0.15) is 0 Å². The summed E-state index contributed by atoms with van der Waals surface area (Å²) in [7, 11) is 3.41. The lowest BCUT2D eigenvalue weighted by Crippen LogP contribution is -2.47. The van der Waals surface area contributed by atoms with E-state index < -0.39 is 0 Å². The van der Waals surface area contributed by atoms with Crippen molar-refractivity contribution in [2.24, 2.45) is 11.8 Å². The van der Waals surface area contributed by atoms with Crippen molar-refractivity contribution < 1.29 is 9.47 Å². The lowest BCUT2D eigenvalue weighted by Gasteiger charge is -2.27. The zero-order chi connectivity index (χ0) is 10.8. The van der Waals surface area contributed by atoms with Gasteiger partial charge in [0.05, 0.1) is 6.04 Å². The van der Waals surface area contributed by atoms with E-state index in [1.165, 1.54) is 25.7 Å². The Labute approximate surface area is 92.5 Å². The van der Waals surface area contributed by atoms with Gasteiger partial charge in [0.2, 0.25) is 0 Å². The first-order chi connectivity index (χ1) is 7.26. The molecule has 0 radical (unpaired) electrons. The maximum Gasteiger partial charge on any atom is 0.171 e. The molecule has 1 unspecified atom stereocenters. The third-order valence-corrected chi connectivity index (χ3v) is 3.59. The van der Waals surface area contributed by atoms with E-state index in [1.54, 1.807) is 14.2 Å². The topological polar surface area (TPSA) is 30.5 Å². The summed E-state index contributed by atoms with van der Waals surface area (Å²) in [6.45, 7) is 2.15. The van der Waals surface area contributed by atoms with Gasteiger partial charge in [-0.15, -0.1) is 0 Å². The van der Waals surface area contributed by atoms with Crippen molar-refractivity contribution in [1.82, 2.24) is 5.32 Å². The van der Waals surface area contributed by atoms with Gasteiger partial charge in [-0.25, -0.2) is 0 Å². The van der Waals surface area contributed by atoms with Crippen LogP contribution in [0.3, 0.4) is 0 Å². The summed E-state index contributed by atoms with van der Waals surface area (Å²) in [6, 6.07) is 0.999. The number of rotatable bonds is 7. The molecule has 0 saturated heterocycles. The molecular formula is C12H23NO2. The smallest absolute Gasteiger partial charge is 0.171 e. The first-order valence-corrected chi connectivity index (χ1v) is 6.08. The van der Waals surface area contributed by atoms with Crippen molar-refractivity contribution in [2.75, 3.05) is 14.2 Å². The van der Waals surface area contributed by atoms with Gasteiger partial charge in [-0.1, -0.05) is 0 Å². The molecule has 15 heavy (non-hydrogen) atoms. The summed E-state index contributed by atoms with van der Waals surface area (Å²) in [5, 5.41) is 3.69. The number of hydrogen-bond donors (Lipinski definition) is 1. The standard InChI is InChI=1S/C12H23NO2/c1-8(12(14-2)15-3)13-11(9-4-5-9)10-6-7-10/h8-13H,4-7H2,1-3H3. The van der Waals surface area contributed by atoms with Crippen molar-refractivity contribution in [2.45, 2.75) is 51.0 Å². The summed E-state index contributed by atoms with van der Waals surface area (Å²) < 4.78 is 10.6. The van der Waals surface area contributed by atoms with E-state index in [2.05, 4.69) is 12.2 Å². The maximum atomic E-state index is 5.28. The molecule has 0 spiro atoms. The van der Waals surface area contributed by atoms with Gasteiger partial charge in [-0.3, -0.25) is 0 Å². The van der Waals surface area contributed by atoms with Crippen LogP contribution in [0.5, 0.6) is 0 Å². The Morgan fingerprint density at radius 1 is 1.00 bits per heavy atom. The van der Waals surface area contributed by atoms with Crippen molar-refractivity contribution in [3.05, 3.63) is 0 Å². The fourth-order valence-electron chi connectivity index (χ4n) is 2.45. The third kappa shape index (κ3) is 2.92. The van der Waals surface area contributed by atoms with Crippen molar-refractivity contribution in [3.63, 3.8) is 0 Å². The second-order valence-electron chi connectivity index (χ2n) is 5.00. The first kappa shape index (κ1) is 11.4. The Morgan fingerprint density at radius 3 is 1.80 bits per heavy atom. The van der Waals surface area contributed by atoms with Crippen LogP contribution in [0.2, 0.25) is 0 Å². The van der Waals surface area contributed by atoms with Gasteiger partial charge in [0, 0.05) is 20.3 Å². The molecule has 1 N–H and O–H groups in total. The van der Waals surface area contributed by atoms with Gasteiger partial charge >= 0.3 is 0 Å². The Kier molecular flexibility index (Phi) is 3.65. The maximum absolute atomic E-state index is 5.28. The number of hydrogen-bond acceptors (Lipinski definition) is 3. The molecule has 3 nitrogen and oxygen atoms in total. The second kappa shape index (κ2) is 4.81. The van der Waals surface area contributed by atoms with Crippen LogP contribution in [0.1, 0.15) is 32.6 Å². The molecular weight excluding hydrogens is 190 g/mol. The van der Waals surface area contributed by atoms with Crippen LogP contribution in [0, 0.1) is 11.8 Å². The molecule has 2 rings (SSSR count). The van der Waals surface area contributed by atoms with Crippen LogP contribution in [0.25, 0.3) is 0 Å². The molecule has 0 bridgehead atoms. The van der Waals surface area contributed by atoms with Gasteiger partial charge < -0.3 is 14.8 Å². The molecule has 2 aliphatic rings. The highest BCUT2D eigenvalue weighted by atomic mass is 16.7. The summed E-state index contributed by atoms with van der Waals surface area (Å²) in [6.07, 6.45) is 5.51. The average molecular weight is 213 g/mol. The number of ether oxygens (including phenoxy) is 2. The quantitative estimate of drug-likeness (QED) is 0.654. The molecule has 0 amide bonds. The minimum absolute atomic E-state index is 0.120. The highest BCUT2D eigenvalue weighted by Gasteiger charge is 2.42. The van der Waals surface area contributed by atoms with Gasteiger partial charge in [0.15, 0.2) is 6.29 Å². The molecule has 0 heterocycles. The zero-order valence-corrected chi connectivity index (χ0v) is 10.0. The molecule has 0 aliphatic heterocycles. The molecule has 1 atom stereocenters. The van der Waals surface area contributed by atoms with Crippen LogP contribution >= 0.6 is 0 Å². The van der Waals surface area contributed by atoms with Crippen LogP contribution in [-0.4, -0.2) is 32.6 Å². The SMILES string of the molecule is COC(OC)C(C)NC(C1CC1)C1CC1. The first-order valence-electron chi connectivity index (χ1n) is 6.08. The second-order valence-corrected chi connectivity index (χ2v) is 5.00. The average Bonchev–Trinajstić information content (AvgIpc) is 3.08. The molecule has 2 aliphatic carbocycles. The fraction of sp³-hybridized carbons (Fsp3) is 1.00.